The predicted molar refractivity (Wildman–Crippen MR) is 76.5 cm³/mol. The topological polar surface area (TPSA) is 21.3 Å². The Hall–Kier alpha value is -0.540. The van der Waals surface area contributed by atoms with E-state index in [1.165, 1.54) is 24.8 Å². The lowest BCUT2D eigenvalue weighted by atomic mass is 10.2. The second-order valence-corrected chi connectivity index (χ2v) is 4.98. The van der Waals surface area contributed by atoms with E-state index in [9.17, 15) is 0 Å². The van der Waals surface area contributed by atoms with Crippen LogP contribution in [0.15, 0.2) is 22.7 Å². The summed E-state index contributed by atoms with van der Waals surface area (Å²) >= 11 is 3.50. The molecular weight excluding hydrogens is 278 g/mol. The summed E-state index contributed by atoms with van der Waals surface area (Å²) in [7, 11) is 0. The van der Waals surface area contributed by atoms with Crippen molar-refractivity contribution in [2.45, 2.75) is 39.7 Å². The summed E-state index contributed by atoms with van der Waals surface area (Å²) in [5.74, 6) is 0.985. The third-order valence-electron chi connectivity index (χ3n) is 2.59. The van der Waals surface area contributed by atoms with Gasteiger partial charge < -0.3 is 10.1 Å². The normalized spacial score (nSPS) is 10.5. The Balaban J connectivity index is 2.47. The fourth-order valence-electron chi connectivity index (χ4n) is 1.71. The molecule has 0 spiro atoms. The highest BCUT2D eigenvalue weighted by atomic mass is 79.9. The second-order valence-electron chi connectivity index (χ2n) is 4.07. The summed E-state index contributed by atoms with van der Waals surface area (Å²) in [6.07, 6.45) is 3.81. The van der Waals surface area contributed by atoms with E-state index in [1.54, 1.807) is 0 Å². The zero-order chi connectivity index (χ0) is 12.5. The van der Waals surface area contributed by atoms with E-state index in [1.807, 2.05) is 19.1 Å². The molecule has 0 saturated heterocycles. The van der Waals surface area contributed by atoms with Gasteiger partial charge in [0.25, 0.3) is 0 Å². The fraction of sp³-hybridized carbons (Fsp3) is 0.571. The van der Waals surface area contributed by atoms with Gasteiger partial charge in [0.1, 0.15) is 5.75 Å². The van der Waals surface area contributed by atoms with E-state index in [2.05, 4.69) is 34.2 Å². The van der Waals surface area contributed by atoms with Crippen LogP contribution in [0.2, 0.25) is 0 Å². The van der Waals surface area contributed by atoms with Crippen LogP contribution in [0.5, 0.6) is 5.75 Å². The molecule has 96 valence electrons. The van der Waals surface area contributed by atoms with Crippen molar-refractivity contribution in [2.75, 3.05) is 13.2 Å². The van der Waals surface area contributed by atoms with E-state index < -0.39 is 0 Å². The molecule has 0 fully saturated rings. The Morgan fingerprint density at radius 2 is 2.06 bits per heavy atom. The van der Waals surface area contributed by atoms with Crippen LogP contribution in [-0.2, 0) is 6.54 Å². The molecule has 0 aliphatic heterocycles. The molecule has 0 atom stereocenters. The van der Waals surface area contributed by atoms with Crippen molar-refractivity contribution in [2.24, 2.45) is 0 Å². The highest BCUT2D eigenvalue weighted by Crippen LogP contribution is 2.23. The van der Waals surface area contributed by atoms with Gasteiger partial charge in [0.15, 0.2) is 0 Å². The van der Waals surface area contributed by atoms with E-state index in [0.29, 0.717) is 6.61 Å². The number of hydrogen-bond donors (Lipinski definition) is 1. The molecule has 0 aromatic heterocycles. The number of benzene rings is 1. The SMILES string of the molecule is CCCCCNCc1cc(Br)ccc1OCC. The molecule has 17 heavy (non-hydrogen) atoms. The van der Waals surface area contributed by atoms with Crippen molar-refractivity contribution >= 4 is 15.9 Å². The zero-order valence-corrected chi connectivity index (χ0v) is 12.3. The largest absolute Gasteiger partial charge is 0.494 e. The zero-order valence-electron chi connectivity index (χ0n) is 10.8. The highest BCUT2D eigenvalue weighted by Gasteiger charge is 2.03. The summed E-state index contributed by atoms with van der Waals surface area (Å²) in [5, 5.41) is 3.46. The molecule has 1 N–H and O–H groups in total. The minimum absolute atomic E-state index is 0.713. The minimum Gasteiger partial charge on any atom is -0.494 e. The lowest BCUT2D eigenvalue weighted by Gasteiger charge is -2.11. The van der Waals surface area contributed by atoms with Gasteiger partial charge >= 0.3 is 0 Å². The Kier molecular flexibility index (Phi) is 7.29. The molecular formula is C14H22BrNO. The summed E-state index contributed by atoms with van der Waals surface area (Å²) in [4.78, 5) is 0. The first-order valence-electron chi connectivity index (χ1n) is 6.39. The molecule has 0 radical (unpaired) electrons. The minimum atomic E-state index is 0.713. The average Bonchev–Trinajstić information content (AvgIpc) is 2.32. The monoisotopic (exact) mass is 299 g/mol. The summed E-state index contributed by atoms with van der Waals surface area (Å²) in [6.45, 7) is 6.90. The molecule has 0 unspecified atom stereocenters. The summed E-state index contributed by atoms with van der Waals surface area (Å²) in [5.41, 5.74) is 1.22. The van der Waals surface area contributed by atoms with Gasteiger partial charge in [-0.05, 0) is 38.1 Å². The van der Waals surface area contributed by atoms with E-state index in [-0.39, 0.29) is 0 Å². The van der Waals surface area contributed by atoms with Crippen molar-refractivity contribution < 1.29 is 4.74 Å². The van der Waals surface area contributed by atoms with E-state index in [4.69, 9.17) is 4.74 Å². The number of ether oxygens (including phenoxy) is 1. The summed E-state index contributed by atoms with van der Waals surface area (Å²) < 4.78 is 6.71. The number of nitrogens with one attached hydrogen (secondary N) is 1. The Bertz CT molecular complexity index is 328. The van der Waals surface area contributed by atoms with E-state index in [0.717, 1.165) is 23.3 Å². The Labute approximate surface area is 113 Å². The molecule has 2 nitrogen and oxygen atoms in total. The Morgan fingerprint density at radius 1 is 1.24 bits per heavy atom. The first-order valence-corrected chi connectivity index (χ1v) is 7.19. The quantitative estimate of drug-likeness (QED) is 0.729. The molecule has 0 heterocycles. The van der Waals surface area contributed by atoms with Crippen LogP contribution in [0.25, 0.3) is 0 Å². The fourth-order valence-corrected chi connectivity index (χ4v) is 2.11. The van der Waals surface area contributed by atoms with Crippen LogP contribution in [0, 0.1) is 0 Å². The van der Waals surface area contributed by atoms with Gasteiger partial charge in [-0.25, -0.2) is 0 Å². The third kappa shape index (κ3) is 5.55. The van der Waals surface area contributed by atoms with Gasteiger partial charge in [0.05, 0.1) is 6.61 Å². The molecule has 3 heteroatoms. The summed E-state index contributed by atoms with van der Waals surface area (Å²) in [6, 6.07) is 6.17. The number of hydrogen-bond acceptors (Lipinski definition) is 2. The molecule has 0 bridgehead atoms. The molecule has 0 aliphatic carbocycles. The van der Waals surface area contributed by atoms with Gasteiger partial charge in [-0.3, -0.25) is 0 Å². The Morgan fingerprint density at radius 3 is 2.76 bits per heavy atom. The number of halogens is 1. The van der Waals surface area contributed by atoms with Gasteiger partial charge in [-0.2, -0.15) is 0 Å². The molecule has 0 aliphatic rings. The van der Waals surface area contributed by atoms with E-state index >= 15 is 0 Å². The lowest BCUT2D eigenvalue weighted by Crippen LogP contribution is -2.15. The molecule has 0 saturated carbocycles. The maximum Gasteiger partial charge on any atom is 0.123 e. The smallest absolute Gasteiger partial charge is 0.123 e. The van der Waals surface area contributed by atoms with Gasteiger partial charge in [-0.15, -0.1) is 0 Å². The van der Waals surface area contributed by atoms with Gasteiger partial charge in [0, 0.05) is 16.6 Å². The molecule has 1 rings (SSSR count). The maximum absolute atomic E-state index is 5.61. The third-order valence-corrected chi connectivity index (χ3v) is 3.09. The average molecular weight is 300 g/mol. The van der Waals surface area contributed by atoms with Crippen LogP contribution in [-0.4, -0.2) is 13.2 Å². The van der Waals surface area contributed by atoms with Crippen molar-refractivity contribution in [1.82, 2.24) is 5.32 Å². The van der Waals surface area contributed by atoms with Crippen molar-refractivity contribution in [3.05, 3.63) is 28.2 Å². The van der Waals surface area contributed by atoms with Crippen molar-refractivity contribution in [3.63, 3.8) is 0 Å². The first-order chi connectivity index (χ1) is 8.27. The van der Waals surface area contributed by atoms with Crippen LogP contribution in [0.4, 0.5) is 0 Å². The lowest BCUT2D eigenvalue weighted by molar-refractivity contribution is 0.335. The van der Waals surface area contributed by atoms with Crippen LogP contribution in [0.1, 0.15) is 38.7 Å². The molecule has 1 aromatic carbocycles. The van der Waals surface area contributed by atoms with Crippen LogP contribution < -0.4 is 10.1 Å². The molecule has 1 aromatic rings. The van der Waals surface area contributed by atoms with Gasteiger partial charge in [0.2, 0.25) is 0 Å². The van der Waals surface area contributed by atoms with Crippen molar-refractivity contribution in [3.8, 4) is 5.75 Å². The number of rotatable bonds is 8. The standard InChI is InChI=1S/C14H22BrNO/c1-3-5-6-9-16-11-12-10-13(15)7-8-14(12)17-4-2/h7-8,10,16H,3-6,9,11H2,1-2H3. The van der Waals surface area contributed by atoms with Gasteiger partial charge in [-0.1, -0.05) is 35.7 Å². The molecule has 0 amide bonds. The number of unbranched alkanes of at least 4 members (excludes halogenated alkanes) is 2. The highest BCUT2D eigenvalue weighted by molar-refractivity contribution is 9.10. The second kappa shape index (κ2) is 8.54. The first kappa shape index (κ1) is 14.5. The maximum atomic E-state index is 5.61. The predicted octanol–water partition coefficient (Wildman–Crippen LogP) is 4.13. The van der Waals surface area contributed by atoms with Crippen LogP contribution in [0.3, 0.4) is 0 Å². The van der Waals surface area contributed by atoms with Crippen molar-refractivity contribution in [1.29, 1.82) is 0 Å². The van der Waals surface area contributed by atoms with Crippen LogP contribution >= 0.6 is 15.9 Å².